The normalized spacial score (nSPS) is 14.2. The van der Waals surface area contributed by atoms with Crippen LogP contribution in [-0.2, 0) is 18.4 Å². The SMILES string of the molecule is CCCCCCCCCCCCC/C=C\CCCCCCCCCC(=O)NC(COP(=O)(O)OCC[N+](C)(C)C)C(O)CCCCCCCCCCCCCCCCC. The van der Waals surface area contributed by atoms with Gasteiger partial charge in [0.2, 0.25) is 5.91 Å². The number of quaternary nitrogens is 1. The number of rotatable bonds is 47. The Labute approximate surface area is 367 Å². The summed E-state index contributed by atoms with van der Waals surface area (Å²) in [5, 5.41) is 14.0. The molecule has 0 saturated carbocycles. The van der Waals surface area contributed by atoms with Crippen molar-refractivity contribution in [2.45, 2.75) is 264 Å². The van der Waals surface area contributed by atoms with Crippen molar-refractivity contribution in [1.82, 2.24) is 5.32 Å². The van der Waals surface area contributed by atoms with Crippen molar-refractivity contribution in [2.24, 2.45) is 0 Å². The summed E-state index contributed by atoms with van der Waals surface area (Å²) in [5.41, 5.74) is 0. The number of amides is 1. The predicted octanol–water partition coefficient (Wildman–Crippen LogP) is 14.7. The molecular formula is C50H102N2O6P+. The zero-order valence-electron chi connectivity index (χ0n) is 40.0. The molecule has 0 bridgehead atoms. The molecule has 0 aromatic heterocycles. The number of allylic oxidation sites excluding steroid dienone is 2. The molecular weight excluding hydrogens is 756 g/mol. The monoisotopic (exact) mass is 858 g/mol. The van der Waals surface area contributed by atoms with E-state index in [0.29, 0.717) is 23.9 Å². The van der Waals surface area contributed by atoms with Gasteiger partial charge in [0.15, 0.2) is 0 Å². The lowest BCUT2D eigenvalue weighted by Crippen LogP contribution is -2.46. The van der Waals surface area contributed by atoms with Gasteiger partial charge in [-0.25, -0.2) is 4.57 Å². The van der Waals surface area contributed by atoms with Crippen molar-refractivity contribution < 1.29 is 32.9 Å². The van der Waals surface area contributed by atoms with Gasteiger partial charge < -0.3 is 19.8 Å². The standard InChI is InChI=1S/C50H101N2O6P/c1-6-8-10-12-14-16-18-20-22-23-24-25-26-27-28-30-32-34-36-38-40-42-44-50(54)51-48(47-58-59(55,56)57-46-45-52(3,4)5)49(53)43-41-39-37-35-33-31-29-21-19-17-15-13-11-9-7-2/h26-27,48-49,53H,6-25,28-47H2,1-5H3,(H-,51,54,55,56)/p+1/b27-26-. The Morgan fingerprint density at radius 2 is 0.915 bits per heavy atom. The van der Waals surface area contributed by atoms with Gasteiger partial charge in [-0.3, -0.25) is 13.8 Å². The molecule has 0 saturated heterocycles. The minimum absolute atomic E-state index is 0.0759. The molecule has 0 rings (SSSR count). The third-order valence-electron chi connectivity index (χ3n) is 11.8. The van der Waals surface area contributed by atoms with Gasteiger partial charge in [-0.1, -0.05) is 219 Å². The summed E-state index contributed by atoms with van der Waals surface area (Å²) in [4.78, 5) is 23.2. The molecule has 59 heavy (non-hydrogen) atoms. The average molecular weight is 858 g/mol. The highest BCUT2D eigenvalue weighted by Gasteiger charge is 2.28. The number of phosphoric ester groups is 1. The number of hydrogen-bond acceptors (Lipinski definition) is 5. The van der Waals surface area contributed by atoms with E-state index in [0.717, 1.165) is 38.5 Å². The number of hydrogen-bond donors (Lipinski definition) is 3. The molecule has 0 radical (unpaired) electrons. The highest BCUT2D eigenvalue weighted by Crippen LogP contribution is 2.43. The maximum Gasteiger partial charge on any atom is 0.472 e. The topological polar surface area (TPSA) is 105 Å². The zero-order chi connectivity index (χ0) is 43.6. The van der Waals surface area contributed by atoms with Gasteiger partial charge in [0.25, 0.3) is 0 Å². The van der Waals surface area contributed by atoms with Gasteiger partial charge in [0, 0.05) is 6.42 Å². The third-order valence-corrected chi connectivity index (χ3v) is 12.7. The Balaban J connectivity index is 4.23. The largest absolute Gasteiger partial charge is 0.472 e. The van der Waals surface area contributed by atoms with E-state index >= 15 is 0 Å². The molecule has 9 heteroatoms. The molecule has 3 N–H and O–H groups in total. The summed E-state index contributed by atoms with van der Waals surface area (Å²) < 4.78 is 23.7. The van der Waals surface area contributed by atoms with Crippen molar-refractivity contribution in [2.75, 3.05) is 40.9 Å². The molecule has 3 atom stereocenters. The number of likely N-dealkylation sites (N-methyl/N-ethyl adjacent to an activating group) is 1. The number of nitrogens with one attached hydrogen (secondary N) is 1. The Hall–Kier alpha value is -0.760. The van der Waals surface area contributed by atoms with E-state index in [4.69, 9.17) is 9.05 Å². The highest BCUT2D eigenvalue weighted by atomic mass is 31.2. The van der Waals surface area contributed by atoms with E-state index in [2.05, 4.69) is 31.3 Å². The number of nitrogens with zero attached hydrogens (tertiary/aromatic N) is 1. The van der Waals surface area contributed by atoms with Crippen LogP contribution in [0.15, 0.2) is 12.2 Å². The average Bonchev–Trinajstić information content (AvgIpc) is 3.19. The quantitative estimate of drug-likeness (QED) is 0.0244. The molecule has 1 amide bonds. The summed E-state index contributed by atoms with van der Waals surface area (Å²) in [6.45, 7) is 4.91. The second-order valence-corrected chi connectivity index (χ2v) is 20.4. The minimum Gasteiger partial charge on any atom is -0.391 e. The maximum absolute atomic E-state index is 12.9. The van der Waals surface area contributed by atoms with E-state index in [1.54, 1.807) is 0 Å². The molecule has 0 aromatic carbocycles. The first-order valence-electron chi connectivity index (χ1n) is 25.6. The van der Waals surface area contributed by atoms with Gasteiger partial charge in [-0.15, -0.1) is 0 Å². The van der Waals surface area contributed by atoms with E-state index in [1.807, 2.05) is 21.1 Å². The van der Waals surface area contributed by atoms with Crippen molar-refractivity contribution in [3.63, 3.8) is 0 Å². The zero-order valence-corrected chi connectivity index (χ0v) is 40.9. The molecule has 0 aliphatic rings. The molecule has 0 fully saturated rings. The first kappa shape index (κ1) is 58.2. The number of aliphatic hydroxyl groups is 1. The summed E-state index contributed by atoms with van der Waals surface area (Å²) in [6.07, 6.45) is 49.6. The van der Waals surface area contributed by atoms with E-state index < -0.39 is 20.0 Å². The van der Waals surface area contributed by atoms with E-state index in [-0.39, 0.29) is 19.1 Å². The van der Waals surface area contributed by atoms with Crippen molar-refractivity contribution in [1.29, 1.82) is 0 Å². The van der Waals surface area contributed by atoms with Gasteiger partial charge in [-0.2, -0.15) is 0 Å². The maximum atomic E-state index is 12.9. The molecule has 0 aliphatic heterocycles. The molecule has 3 unspecified atom stereocenters. The second kappa shape index (κ2) is 42.5. The van der Waals surface area contributed by atoms with Crippen LogP contribution in [0.2, 0.25) is 0 Å². The summed E-state index contributed by atoms with van der Waals surface area (Å²) in [6, 6.07) is -0.759. The van der Waals surface area contributed by atoms with Gasteiger partial charge in [0.05, 0.1) is 39.9 Å². The fourth-order valence-corrected chi connectivity index (χ4v) is 8.43. The molecule has 0 aromatic rings. The minimum atomic E-state index is -4.31. The molecule has 0 spiro atoms. The van der Waals surface area contributed by atoms with Crippen molar-refractivity contribution in [3.05, 3.63) is 12.2 Å². The first-order valence-corrected chi connectivity index (χ1v) is 27.0. The second-order valence-electron chi connectivity index (χ2n) is 18.9. The number of carbonyl (C=O) groups excluding carboxylic acids is 1. The summed E-state index contributed by atoms with van der Waals surface area (Å²) in [5.74, 6) is -0.146. The lowest BCUT2D eigenvalue weighted by Gasteiger charge is -2.26. The van der Waals surface area contributed by atoms with Crippen LogP contribution in [-0.4, -0.2) is 73.4 Å². The Morgan fingerprint density at radius 3 is 1.31 bits per heavy atom. The van der Waals surface area contributed by atoms with Crippen LogP contribution >= 0.6 is 7.82 Å². The summed E-state index contributed by atoms with van der Waals surface area (Å²) in [7, 11) is 1.62. The van der Waals surface area contributed by atoms with Crippen LogP contribution in [0.4, 0.5) is 0 Å². The fourth-order valence-electron chi connectivity index (χ4n) is 7.69. The van der Waals surface area contributed by atoms with Crippen LogP contribution in [0.5, 0.6) is 0 Å². The molecule has 0 aliphatic carbocycles. The van der Waals surface area contributed by atoms with Crippen LogP contribution in [0, 0.1) is 0 Å². The van der Waals surface area contributed by atoms with Gasteiger partial charge in [-0.05, 0) is 38.5 Å². The number of phosphoric acid groups is 1. The van der Waals surface area contributed by atoms with Crippen LogP contribution < -0.4 is 5.32 Å². The first-order chi connectivity index (χ1) is 28.5. The number of carbonyl (C=O) groups is 1. The predicted molar refractivity (Wildman–Crippen MR) is 254 cm³/mol. The third kappa shape index (κ3) is 45.1. The lowest BCUT2D eigenvalue weighted by molar-refractivity contribution is -0.870. The van der Waals surface area contributed by atoms with Crippen LogP contribution in [0.25, 0.3) is 0 Å². The Bertz CT molecular complexity index is 974. The molecule has 352 valence electrons. The summed E-state index contributed by atoms with van der Waals surface area (Å²) >= 11 is 0. The molecule has 0 heterocycles. The fraction of sp³-hybridized carbons (Fsp3) is 0.940. The number of unbranched alkanes of at least 4 members (excludes halogenated alkanes) is 32. The van der Waals surface area contributed by atoms with Crippen molar-refractivity contribution in [3.8, 4) is 0 Å². The van der Waals surface area contributed by atoms with Gasteiger partial charge in [0.1, 0.15) is 13.2 Å². The van der Waals surface area contributed by atoms with Crippen LogP contribution in [0.3, 0.4) is 0 Å². The highest BCUT2D eigenvalue weighted by molar-refractivity contribution is 7.47. The lowest BCUT2D eigenvalue weighted by atomic mass is 10.0. The Kier molecular flexibility index (Phi) is 42.0. The van der Waals surface area contributed by atoms with E-state index in [1.165, 1.54) is 186 Å². The van der Waals surface area contributed by atoms with Crippen LogP contribution in [0.1, 0.15) is 251 Å². The van der Waals surface area contributed by atoms with Crippen molar-refractivity contribution >= 4 is 13.7 Å². The van der Waals surface area contributed by atoms with Gasteiger partial charge >= 0.3 is 7.82 Å². The Morgan fingerprint density at radius 1 is 0.559 bits per heavy atom. The smallest absolute Gasteiger partial charge is 0.391 e. The van der Waals surface area contributed by atoms with E-state index in [9.17, 15) is 19.4 Å². The molecule has 8 nitrogen and oxygen atoms in total. The number of aliphatic hydroxyl groups excluding tert-OH is 1.